The van der Waals surface area contributed by atoms with Crippen molar-refractivity contribution in [3.63, 3.8) is 0 Å². The summed E-state index contributed by atoms with van der Waals surface area (Å²) in [5, 5.41) is 7.25. The summed E-state index contributed by atoms with van der Waals surface area (Å²) in [4.78, 5) is 0. The maximum absolute atomic E-state index is 11.3. The molecule has 1 heterocycles. The lowest BCUT2D eigenvalue weighted by molar-refractivity contribution is 0.581. The van der Waals surface area contributed by atoms with E-state index >= 15 is 0 Å². The molecule has 0 aliphatic heterocycles. The molecule has 0 saturated heterocycles. The summed E-state index contributed by atoms with van der Waals surface area (Å²) in [5.41, 5.74) is 1.16. The van der Waals surface area contributed by atoms with Gasteiger partial charge in [-0.05, 0) is 32.0 Å². The van der Waals surface area contributed by atoms with Gasteiger partial charge in [0, 0.05) is 11.9 Å². The lowest BCUT2D eigenvalue weighted by atomic mass is 10.2. The van der Waals surface area contributed by atoms with E-state index in [0.29, 0.717) is 6.54 Å². The van der Waals surface area contributed by atoms with Gasteiger partial charge in [0.2, 0.25) is 0 Å². The molecular formula is C11H21N3O2S. The van der Waals surface area contributed by atoms with Gasteiger partial charge in [0.25, 0.3) is 0 Å². The summed E-state index contributed by atoms with van der Waals surface area (Å²) in [7, 11) is -0.971. The van der Waals surface area contributed by atoms with Crippen molar-refractivity contribution in [1.29, 1.82) is 0 Å². The molecule has 0 amide bonds. The molecule has 0 aromatic carbocycles. The number of hydrogen-bond acceptors (Lipinski definition) is 4. The minimum Gasteiger partial charge on any atom is -0.320 e. The van der Waals surface area contributed by atoms with Crippen LogP contribution in [0.15, 0.2) is 12.4 Å². The summed E-state index contributed by atoms with van der Waals surface area (Å²) in [5.74, 6) is 0.366. The maximum atomic E-state index is 11.3. The van der Waals surface area contributed by atoms with Crippen molar-refractivity contribution in [3.8, 4) is 0 Å². The highest BCUT2D eigenvalue weighted by atomic mass is 32.2. The van der Waals surface area contributed by atoms with Crippen LogP contribution >= 0.6 is 0 Å². The Kier molecular flexibility index (Phi) is 5.64. The molecule has 17 heavy (non-hydrogen) atoms. The van der Waals surface area contributed by atoms with Crippen LogP contribution in [0.4, 0.5) is 0 Å². The van der Waals surface area contributed by atoms with E-state index in [1.165, 1.54) is 0 Å². The zero-order valence-electron chi connectivity index (χ0n) is 10.5. The molecule has 0 bridgehead atoms. The number of sulfone groups is 1. The summed E-state index contributed by atoms with van der Waals surface area (Å²) >= 11 is 0. The van der Waals surface area contributed by atoms with Gasteiger partial charge >= 0.3 is 0 Å². The standard InChI is InChI=1S/C11H21N3O2S/c1-3-17(15,16)8-7-14-10-11(9-13-14)5-4-6-12-2/h9-10,12H,3-8H2,1-2H3. The van der Waals surface area contributed by atoms with Crippen molar-refractivity contribution in [2.24, 2.45) is 0 Å². The summed E-state index contributed by atoms with van der Waals surface area (Å²) in [6.07, 6.45) is 5.78. The molecular weight excluding hydrogens is 238 g/mol. The van der Waals surface area contributed by atoms with Crippen molar-refractivity contribution in [1.82, 2.24) is 15.1 Å². The van der Waals surface area contributed by atoms with Crippen LogP contribution in [0.2, 0.25) is 0 Å². The molecule has 5 nitrogen and oxygen atoms in total. The van der Waals surface area contributed by atoms with Gasteiger partial charge in [-0.3, -0.25) is 4.68 Å². The monoisotopic (exact) mass is 259 g/mol. The molecule has 0 atom stereocenters. The Balaban J connectivity index is 2.40. The Labute approximate surface area is 103 Å². The summed E-state index contributed by atoms with van der Waals surface area (Å²) in [6, 6.07) is 0. The van der Waals surface area contributed by atoms with Crippen LogP contribution < -0.4 is 5.32 Å². The topological polar surface area (TPSA) is 64.0 Å². The molecule has 6 heteroatoms. The predicted molar refractivity (Wildman–Crippen MR) is 68.8 cm³/mol. The smallest absolute Gasteiger partial charge is 0.151 e. The van der Waals surface area contributed by atoms with Crippen LogP contribution in [-0.4, -0.2) is 43.3 Å². The molecule has 0 unspecified atom stereocenters. The van der Waals surface area contributed by atoms with E-state index in [-0.39, 0.29) is 11.5 Å². The first-order chi connectivity index (χ1) is 8.07. The molecule has 0 aliphatic rings. The van der Waals surface area contributed by atoms with E-state index in [1.54, 1.807) is 11.6 Å². The normalized spacial score (nSPS) is 11.9. The molecule has 1 aromatic heterocycles. The minimum atomic E-state index is -2.90. The second-order valence-corrected chi connectivity index (χ2v) is 6.53. The van der Waals surface area contributed by atoms with Crippen molar-refractivity contribution >= 4 is 9.84 Å². The third-order valence-corrected chi connectivity index (χ3v) is 4.33. The Bertz CT molecular complexity index is 426. The lowest BCUT2D eigenvalue weighted by Crippen LogP contribution is -2.14. The fourth-order valence-corrected chi connectivity index (χ4v) is 2.26. The highest BCUT2D eigenvalue weighted by Crippen LogP contribution is 2.02. The third-order valence-electron chi connectivity index (χ3n) is 2.65. The van der Waals surface area contributed by atoms with Gasteiger partial charge in [-0.15, -0.1) is 0 Å². The van der Waals surface area contributed by atoms with Crippen molar-refractivity contribution in [3.05, 3.63) is 18.0 Å². The fourth-order valence-electron chi connectivity index (χ4n) is 1.50. The summed E-state index contributed by atoms with van der Waals surface area (Å²) in [6.45, 7) is 3.10. The van der Waals surface area contributed by atoms with Crippen LogP contribution in [0, 0.1) is 0 Å². The third kappa shape index (κ3) is 5.32. The first-order valence-electron chi connectivity index (χ1n) is 5.93. The van der Waals surface area contributed by atoms with Gasteiger partial charge in [-0.2, -0.15) is 5.10 Å². The van der Waals surface area contributed by atoms with Crippen molar-refractivity contribution in [2.45, 2.75) is 26.3 Å². The van der Waals surface area contributed by atoms with E-state index in [1.807, 2.05) is 19.4 Å². The van der Waals surface area contributed by atoms with E-state index in [9.17, 15) is 8.42 Å². The SMILES string of the molecule is CCS(=O)(=O)CCn1cc(CCCNC)cn1. The number of aromatic nitrogens is 2. The summed E-state index contributed by atoms with van der Waals surface area (Å²) < 4.78 is 24.4. The van der Waals surface area contributed by atoms with E-state index in [0.717, 1.165) is 24.9 Å². The number of nitrogens with zero attached hydrogens (tertiary/aromatic N) is 2. The maximum Gasteiger partial charge on any atom is 0.151 e. The number of hydrogen-bond donors (Lipinski definition) is 1. The molecule has 0 fully saturated rings. The zero-order chi connectivity index (χ0) is 12.7. The van der Waals surface area contributed by atoms with Crippen LogP contribution in [-0.2, 0) is 22.8 Å². The predicted octanol–water partition coefficient (Wildman–Crippen LogP) is 0.470. The quantitative estimate of drug-likeness (QED) is 0.689. The van der Waals surface area contributed by atoms with Gasteiger partial charge in [-0.1, -0.05) is 6.92 Å². The van der Waals surface area contributed by atoms with Gasteiger partial charge in [0.05, 0.1) is 18.5 Å². The highest BCUT2D eigenvalue weighted by Gasteiger charge is 2.07. The van der Waals surface area contributed by atoms with Gasteiger partial charge in [0.15, 0.2) is 9.84 Å². The molecule has 0 radical (unpaired) electrons. The number of rotatable bonds is 8. The Morgan fingerprint density at radius 2 is 2.24 bits per heavy atom. The largest absolute Gasteiger partial charge is 0.320 e. The van der Waals surface area contributed by atoms with Gasteiger partial charge in [0.1, 0.15) is 0 Å². The van der Waals surface area contributed by atoms with Crippen LogP contribution in [0.3, 0.4) is 0 Å². The Hall–Kier alpha value is -0.880. The van der Waals surface area contributed by atoms with Crippen LogP contribution in [0.5, 0.6) is 0 Å². The van der Waals surface area contributed by atoms with E-state index < -0.39 is 9.84 Å². The molecule has 1 N–H and O–H groups in total. The van der Waals surface area contributed by atoms with Crippen molar-refractivity contribution < 1.29 is 8.42 Å². The molecule has 1 rings (SSSR count). The van der Waals surface area contributed by atoms with Gasteiger partial charge in [-0.25, -0.2) is 8.42 Å². The number of aryl methyl sites for hydroxylation is 2. The second-order valence-electron chi connectivity index (χ2n) is 4.06. The average molecular weight is 259 g/mol. The molecule has 0 spiro atoms. The Morgan fingerprint density at radius 3 is 2.88 bits per heavy atom. The fraction of sp³-hybridized carbons (Fsp3) is 0.727. The van der Waals surface area contributed by atoms with Crippen LogP contribution in [0.25, 0.3) is 0 Å². The second kappa shape index (κ2) is 6.76. The zero-order valence-corrected chi connectivity index (χ0v) is 11.3. The van der Waals surface area contributed by atoms with E-state index in [4.69, 9.17) is 0 Å². The minimum absolute atomic E-state index is 0.168. The van der Waals surface area contributed by atoms with Crippen molar-refractivity contribution in [2.75, 3.05) is 25.1 Å². The van der Waals surface area contributed by atoms with Crippen LogP contribution in [0.1, 0.15) is 18.9 Å². The van der Waals surface area contributed by atoms with Gasteiger partial charge < -0.3 is 5.32 Å². The first-order valence-corrected chi connectivity index (χ1v) is 7.76. The average Bonchev–Trinajstić information content (AvgIpc) is 2.75. The van der Waals surface area contributed by atoms with E-state index in [2.05, 4.69) is 10.4 Å². The molecule has 1 aromatic rings. The Morgan fingerprint density at radius 1 is 1.47 bits per heavy atom. The highest BCUT2D eigenvalue weighted by molar-refractivity contribution is 7.91. The molecule has 98 valence electrons. The number of nitrogens with one attached hydrogen (secondary N) is 1. The molecule has 0 aliphatic carbocycles. The lowest BCUT2D eigenvalue weighted by Gasteiger charge is -2.01. The molecule has 0 saturated carbocycles. The first kappa shape index (κ1) is 14.2.